The zero-order valence-corrected chi connectivity index (χ0v) is 13.6. The van der Waals surface area contributed by atoms with Crippen LogP contribution in [0.4, 0.5) is 10.1 Å². The number of H-pyrrole nitrogens is 1. The molecule has 6 heteroatoms. The van der Waals surface area contributed by atoms with E-state index in [0.717, 1.165) is 11.2 Å². The van der Waals surface area contributed by atoms with Gasteiger partial charge in [0.05, 0.1) is 5.69 Å². The number of aromatic nitrogens is 1. The summed E-state index contributed by atoms with van der Waals surface area (Å²) < 4.78 is 13.3. The van der Waals surface area contributed by atoms with Gasteiger partial charge in [-0.1, -0.05) is 12.1 Å². The van der Waals surface area contributed by atoms with Crippen molar-refractivity contribution in [1.29, 1.82) is 0 Å². The zero-order chi connectivity index (χ0) is 17.4. The van der Waals surface area contributed by atoms with Crippen LogP contribution in [-0.2, 0) is 0 Å². The molecule has 2 aromatic carbocycles. The van der Waals surface area contributed by atoms with Gasteiger partial charge in [-0.25, -0.2) is 4.39 Å². The monoisotopic (exact) mass is 339 g/mol. The number of anilines is 1. The Labute approximate surface area is 144 Å². The maximum Gasteiger partial charge on any atom is 0.270 e. The van der Waals surface area contributed by atoms with Gasteiger partial charge in [0.2, 0.25) is 0 Å². The van der Waals surface area contributed by atoms with E-state index < -0.39 is 0 Å². The van der Waals surface area contributed by atoms with E-state index in [0.29, 0.717) is 37.3 Å². The normalized spacial score (nSPS) is 14.9. The predicted octanol–water partition coefficient (Wildman–Crippen LogP) is 2.98. The van der Waals surface area contributed by atoms with Crippen molar-refractivity contribution in [2.45, 2.75) is 0 Å². The Morgan fingerprint density at radius 1 is 1.04 bits per heavy atom. The molecule has 5 nitrogen and oxygen atoms in total. The van der Waals surface area contributed by atoms with E-state index in [2.05, 4.69) is 9.88 Å². The van der Waals surface area contributed by atoms with Crippen molar-refractivity contribution in [2.75, 3.05) is 31.1 Å². The summed E-state index contributed by atoms with van der Waals surface area (Å²) in [6.07, 6.45) is 0. The van der Waals surface area contributed by atoms with Crippen LogP contribution in [0.5, 0.6) is 5.75 Å². The van der Waals surface area contributed by atoms with Crippen molar-refractivity contribution < 1.29 is 14.3 Å². The van der Waals surface area contributed by atoms with Gasteiger partial charge in [0.1, 0.15) is 17.3 Å². The highest BCUT2D eigenvalue weighted by Gasteiger charge is 2.24. The van der Waals surface area contributed by atoms with Gasteiger partial charge in [-0.2, -0.15) is 0 Å². The number of carbonyl (C=O) groups excluding carboxylic acids is 1. The highest BCUT2D eigenvalue weighted by Crippen LogP contribution is 2.27. The van der Waals surface area contributed by atoms with E-state index in [9.17, 15) is 14.3 Å². The van der Waals surface area contributed by atoms with Crippen molar-refractivity contribution in [1.82, 2.24) is 9.88 Å². The smallest absolute Gasteiger partial charge is 0.270 e. The summed E-state index contributed by atoms with van der Waals surface area (Å²) in [5.74, 6) is -0.157. The molecule has 0 atom stereocenters. The number of phenols is 1. The van der Waals surface area contributed by atoms with Gasteiger partial charge in [-0.15, -0.1) is 0 Å². The molecule has 1 saturated heterocycles. The van der Waals surface area contributed by atoms with Crippen LogP contribution in [0.3, 0.4) is 0 Å². The van der Waals surface area contributed by atoms with Gasteiger partial charge in [0.15, 0.2) is 0 Å². The van der Waals surface area contributed by atoms with Crippen molar-refractivity contribution in [3.8, 4) is 5.75 Å². The molecule has 0 bridgehead atoms. The Balaban J connectivity index is 1.48. The van der Waals surface area contributed by atoms with Crippen LogP contribution >= 0.6 is 0 Å². The molecule has 0 spiro atoms. The molecular weight excluding hydrogens is 321 g/mol. The minimum atomic E-state index is -0.318. The zero-order valence-electron chi connectivity index (χ0n) is 13.6. The molecule has 1 amide bonds. The molecule has 128 valence electrons. The molecule has 0 unspecified atom stereocenters. The molecule has 4 rings (SSSR count). The number of phenolic OH excluding ortho intramolecular Hbond substituents is 1. The molecule has 25 heavy (non-hydrogen) atoms. The van der Waals surface area contributed by atoms with Gasteiger partial charge in [-0.3, -0.25) is 4.79 Å². The molecule has 1 aromatic heterocycles. The van der Waals surface area contributed by atoms with E-state index in [-0.39, 0.29) is 17.5 Å². The standard InChI is InChI=1S/C19H18FN3O2/c20-14-5-6-15-13(11-14)12-16(21-15)19(25)23-9-7-22(8-10-23)17-3-1-2-4-18(17)24/h1-6,11-12,21,24H,7-10H2. The fraction of sp³-hybridized carbons (Fsp3) is 0.211. The van der Waals surface area contributed by atoms with Crippen molar-refractivity contribution in [2.24, 2.45) is 0 Å². The van der Waals surface area contributed by atoms with Crippen LogP contribution in [-0.4, -0.2) is 47.1 Å². The lowest BCUT2D eigenvalue weighted by atomic mass is 10.2. The minimum Gasteiger partial charge on any atom is -0.506 e. The molecule has 0 radical (unpaired) electrons. The molecule has 0 saturated carbocycles. The minimum absolute atomic E-state index is 0.0893. The summed E-state index contributed by atoms with van der Waals surface area (Å²) in [6, 6.07) is 13.3. The second-order valence-electron chi connectivity index (χ2n) is 6.18. The van der Waals surface area contributed by atoms with Crippen LogP contribution in [0.25, 0.3) is 10.9 Å². The van der Waals surface area contributed by atoms with Crippen molar-refractivity contribution in [3.05, 3.63) is 60.0 Å². The number of nitrogens with one attached hydrogen (secondary N) is 1. The summed E-state index contributed by atoms with van der Waals surface area (Å²) in [7, 11) is 0. The topological polar surface area (TPSA) is 59.6 Å². The Morgan fingerprint density at radius 3 is 2.56 bits per heavy atom. The summed E-state index contributed by atoms with van der Waals surface area (Å²) in [4.78, 5) is 19.6. The van der Waals surface area contributed by atoms with Crippen molar-refractivity contribution >= 4 is 22.5 Å². The van der Waals surface area contributed by atoms with E-state index in [1.165, 1.54) is 12.1 Å². The fourth-order valence-electron chi connectivity index (χ4n) is 3.27. The molecule has 0 aliphatic carbocycles. The second kappa shape index (κ2) is 6.12. The van der Waals surface area contributed by atoms with E-state index in [4.69, 9.17) is 0 Å². The molecule has 3 aromatic rings. The summed E-state index contributed by atoms with van der Waals surface area (Å²) in [6.45, 7) is 2.43. The number of aromatic amines is 1. The SMILES string of the molecule is O=C(c1cc2cc(F)ccc2[nH]1)N1CCN(c2ccccc2O)CC1. The number of piperazine rings is 1. The Morgan fingerprint density at radius 2 is 1.80 bits per heavy atom. The number of rotatable bonds is 2. The number of hydrogen-bond donors (Lipinski definition) is 2. The Bertz CT molecular complexity index is 929. The Hall–Kier alpha value is -3.02. The van der Waals surface area contributed by atoms with Gasteiger partial charge in [0.25, 0.3) is 5.91 Å². The van der Waals surface area contributed by atoms with Crippen LogP contribution in [0.1, 0.15) is 10.5 Å². The van der Waals surface area contributed by atoms with E-state index in [1.54, 1.807) is 29.2 Å². The number of hydrogen-bond acceptors (Lipinski definition) is 3. The fourth-order valence-corrected chi connectivity index (χ4v) is 3.27. The maximum absolute atomic E-state index is 13.3. The van der Waals surface area contributed by atoms with Gasteiger partial charge in [0, 0.05) is 37.1 Å². The van der Waals surface area contributed by atoms with Crippen LogP contribution in [0.15, 0.2) is 48.5 Å². The first-order valence-corrected chi connectivity index (χ1v) is 8.22. The van der Waals surface area contributed by atoms with Crippen LogP contribution < -0.4 is 4.90 Å². The van der Waals surface area contributed by atoms with Gasteiger partial charge in [-0.05, 0) is 36.4 Å². The number of halogens is 1. The molecule has 1 fully saturated rings. The second-order valence-corrected chi connectivity index (χ2v) is 6.18. The Kier molecular flexibility index (Phi) is 3.80. The molecule has 1 aliphatic heterocycles. The molecule has 2 heterocycles. The highest BCUT2D eigenvalue weighted by molar-refractivity contribution is 5.98. The largest absolute Gasteiger partial charge is 0.506 e. The van der Waals surface area contributed by atoms with Crippen molar-refractivity contribution in [3.63, 3.8) is 0 Å². The lowest BCUT2D eigenvalue weighted by molar-refractivity contribution is 0.0742. The quantitative estimate of drug-likeness (QED) is 0.755. The number of benzene rings is 2. The number of fused-ring (bicyclic) bond motifs is 1. The summed E-state index contributed by atoms with van der Waals surface area (Å²) in [5, 5.41) is 10.7. The van der Waals surface area contributed by atoms with Crippen LogP contribution in [0, 0.1) is 5.82 Å². The first-order valence-electron chi connectivity index (χ1n) is 8.22. The summed E-state index contributed by atoms with van der Waals surface area (Å²) >= 11 is 0. The lowest BCUT2D eigenvalue weighted by Gasteiger charge is -2.36. The summed E-state index contributed by atoms with van der Waals surface area (Å²) in [5.41, 5.74) is 2.00. The maximum atomic E-state index is 13.3. The first-order chi connectivity index (χ1) is 12.1. The average molecular weight is 339 g/mol. The lowest BCUT2D eigenvalue weighted by Crippen LogP contribution is -2.48. The molecule has 2 N–H and O–H groups in total. The third kappa shape index (κ3) is 2.91. The highest BCUT2D eigenvalue weighted by atomic mass is 19.1. The first kappa shape index (κ1) is 15.5. The van der Waals surface area contributed by atoms with E-state index >= 15 is 0 Å². The van der Waals surface area contributed by atoms with Gasteiger partial charge < -0.3 is 19.9 Å². The van der Waals surface area contributed by atoms with E-state index in [1.807, 2.05) is 12.1 Å². The third-order valence-corrected chi connectivity index (χ3v) is 4.60. The number of para-hydroxylation sites is 2. The number of carbonyl (C=O) groups is 1. The number of amides is 1. The third-order valence-electron chi connectivity index (χ3n) is 4.60. The van der Waals surface area contributed by atoms with Crippen LogP contribution in [0.2, 0.25) is 0 Å². The van der Waals surface area contributed by atoms with Gasteiger partial charge >= 0.3 is 0 Å². The molecule has 1 aliphatic rings. The average Bonchev–Trinajstić information content (AvgIpc) is 3.05. The number of nitrogens with zero attached hydrogens (tertiary/aromatic N) is 2. The number of aromatic hydroxyl groups is 1. The molecular formula is C19H18FN3O2. The predicted molar refractivity (Wildman–Crippen MR) is 94.5 cm³/mol.